The summed E-state index contributed by atoms with van der Waals surface area (Å²) in [6.07, 6.45) is -3.33. The SMILES string of the molecule is CC1=C(CO[C@@H]([C@H](O)[C@H](O)CO)[C@H](O)CO)[C@@]2(C)CCC[C@](C)(CO)[C@@H]2C[C@H]1O. The van der Waals surface area contributed by atoms with Crippen molar-refractivity contribution >= 4 is 0 Å². The molecule has 0 aliphatic heterocycles. The molecule has 8 atom stereocenters. The molecule has 0 radical (unpaired) electrons. The Balaban J connectivity index is 2.32. The van der Waals surface area contributed by atoms with Gasteiger partial charge in [0.1, 0.15) is 24.4 Å². The van der Waals surface area contributed by atoms with Gasteiger partial charge in [-0.1, -0.05) is 20.3 Å². The highest BCUT2D eigenvalue weighted by atomic mass is 16.5. The molecule has 0 bridgehead atoms. The van der Waals surface area contributed by atoms with Crippen molar-refractivity contribution in [2.45, 2.75) is 77.0 Å². The second kappa shape index (κ2) is 9.70. The molecule has 2 rings (SSSR count). The van der Waals surface area contributed by atoms with E-state index < -0.39 is 43.7 Å². The zero-order chi connectivity index (χ0) is 22.0. The molecule has 8 heteroatoms. The fourth-order valence-corrected chi connectivity index (χ4v) is 5.45. The Kier molecular flexibility index (Phi) is 8.26. The molecule has 0 unspecified atom stereocenters. The summed E-state index contributed by atoms with van der Waals surface area (Å²) >= 11 is 0. The van der Waals surface area contributed by atoms with Gasteiger partial charge in [-0.15, -0.1) is 0 Å². The van der Waals surface area contributed by atoms with E-state index >= 15 is 0 Å². The highest BCUT2D eigenvalue weighted by molar-refractivity contribution is 5.30. The average Bonchev–Trinajstić information content (AvgIpc) is 2.71. The van der Waals surface area contributed by atoms with Crippen molar-refractivity contribution in [1.29, 1.82) is 0 Å². The maximum atomic E-state index is 10.7. The van der Waals surface area contributed by atoms with E-state index in [1.165, 1.54) is 0 Å². The van der Waals surface area contributed by atoms with E-state index in [-0.39, 0.29) is 30.0 Å². The molecule has 8 nitrogen and oxygen atoms in total. The van der Waals surface area contributed by atoms with Crippen LogP contribution in [0.15, 0.2) is 11.1 Å². The quantitative estimate of drug-likeness (QED) is 0.244. The van der Waals surface area contributed by atoms with Crippen LogP contribution in [0.1, 0.15) is 46.5 Å². The number of fused-ring (bicyclic) bond motifs is 1. The van der Waals surface area contributed by atoms with Crippen LogP contribution in [0, 0.1) is 16.7 Å². The summed E-state index contributed by atoms with van der Waals surface area (Å²) in [5.74, 6) is 0.0419. The van der Waals surface area contributed by atoms with E-state index in [1.807, 2.05) is 13.8 Å². The largest absolute Gasteiger partial charge is 0.396 e. The summed E-state index contributed by atoms with van der Waals surface area (Å²) in [5.41, 5.74) is 0.993. The average molecular weight is 419 g/mol. The smallest absolute Gasteiger partial charge is 0.114 e. The van der Waals surface area contributed by atoms with Gasteiger partial charge in [0.15, 0.2) is 0 Å². The van der Waals surface area contributed by atoms with Crippen LogP contribution < -0.4 is 0 Å². The Labute approximate surface area is 172 Å². The number of aliphatic hydroxyl groups excluding tert-OH is 7. The predicted octanol–water partition coefficient (Wildman–Crippen LogP) is -0.675. The molecule has 1 saturated carbocycles. The van der Waals surface area contributed by atoms with E-state index in [0.717, 1.165) is 30.4 Å². The summed E-state index contributed by atoms with van der Waals surface area (Å²) in [5, 5.41) is 69.2. The van der Waals surface area contributed by atoms with Crippen LogP contribution in [0.25, 0.3) is 0 Å². The van der Waals surface area contributed by atoms with Gasteiger partial charge in [0, 0.05) is 6.61 Å². The van der Waals surface area contributed by atoms with Crippen molar-refractivity contribution < 1.29 is 40.5 Å². The van der Waals surface area contributed by atoms with Gasteiger partial charge < -0.3 is 40.5 Å². The third kappa shape index (κ3) is 4.70. The summed E-state index contributed by atoms with van der Waals surface area (Å²) < 4.78 is 5.79. The second-order valence-electron chi connectivity index (χ2n) is 9.31. The standard InChI is InChI=1S/C21H38O8/c1-12-13(10-29-19(16(27)9-23)18(28)15(26)8-22)21(3)6-4-5-20(2,11-24)17(21)7-14(12)25/h14-19,22-28H,4-11H2,1-3H3/t14-,15-,16-,17+,18-,19-,20-,21-/m1/s1. The van der Waals surface area contributed by atoms with Crippen molar-refractivity contribution in [3.05, 3.63) is 11.1 Å². The molecule has 0 aromatic carbocycles. The highest BCUT2D eigenvalue weighted by Crippen LogP contribution is 2.59. The summed E-state index contributed by atoms with van der Waals surface area (Å²) in [6, 6.07) is 0. The second-order valence-corrected chi connectivity index (χ2v) is 9.31. The van der Waals surface area contributed by atoms with Crippen LogP contribution >= 0.6 is 0 Å². The first kappa shape index (κ1) is 24.7. The van der Waals surface area contributed by atoms with Crippen molar-refractivity contribution in [2.24, 2.45) is 16.7 Å². The maximum Gasteiger partial charge on any atom is 0.114 e. The Bertz CT molecular complexity index is 581. The molecule has 2 aliphatic carbocycles. The molecule has 0 spiro atoms. The van der Waals surface area contributed by atoms with Crippen molar-refractivity contribution in [3.63, 3.8) is 0 Å². The number of aliphatic hydroxyl groups is 7. The summed E-state index contributed by atoms with van der Waals surface area (Å²) in [6.45, 7) is 4.62. The molecular formula is C21H38O8. The lowest BCUT2D eigenvalue weighted by molar-refractivity contribution is -0.149. The van der Waals surface area contributed by atoms with Crippen LogP contribution in [0.2, 0.25) is 0 Å². The van der Waals surface area contributed by atoms with E-state index in [4.69, 9.17) is 9.84 Å². The van der Waals surface area contributed by atoms with Crippen molar-refractivity contribution in [2.75, 3.05) is 26.4 Å². The van der Waals surface area contributed by atoms with E-state index in [9.17, 15) is 30.6 Å². The van der Waals surface area contributed by atoms with Gasteiger partial charge in [0.05, 0.1) is 25.9 Å². The molecule has 2 aliphatic rings. The molecule has 0 aromatic heterocycles. The number of hydrogen-bond acceptors (Lipinski definition) is 8. The number of hydrogen-bond donors (Lipinski definition) is 7. The Morgan fingerprint density at radius 1 is 1.03 bits per heavy atom. The summed E-state index contributed by atoms with van der Waals surface area (Å²) in [4.78, 5) is 0. The molecule has 0 aromatic rings. The van der Waals surface area contributed by atoms with Gasteiger partial charge in [-0.25, -0.2) is 0 Å². The fraction of sp³-hybridized carbons (Fsp3) is 0.905. The lowest BCUT2D eigenvalue weighted by atomic mass is 9.49. The number of rotatable bonds is 9. The molecule has 1 fully saturated rings. The Morgan fingerprint density at radius 3 is 2.21 bits per heavy atom. The van der Waals surface area contributed by atoms with Gasteiger partial charge in [0.2, 0.25) is 0 Å². The minimum atomic E-state index is -1.59. The zero-order valence-corrected chi connectivity index (χ0v) is 17.7. The minimum absolute atomic E-state index is 0.00562. The fourth-order valence-electron chi connectivity index (χ4n) is 5.45. The minimum Gasteiger partial charge on any atom is -0.396 e. The van der Waals surface area contributed by atoms with Gasteiger partial charge in [-0.05, 0) is 54.1 Å². The van der Waals surface area contributed by atoms with Gasteiger partial charge in [-0.3, -0.25) is 0 Å². The van der Waals surface area contributed by atoms with Crippen LogP contribution in [-0.4, -0.2) is 92.7 Å². The molecule has 7 N–H and O–H groups in total. The normalized spacial score (nSPS) is 37.0. The topological polar surface area (TPSA) is 151 Å². The third-order valence-corrected chi connectivity index (χ3v) is 7.44. The number of ether oxygens (including phenoxy) is 1. The molecular weight excluding hydrogens is 380 g/mol. The van der Waals surface area contributed by atoms with Crippen molar-refractivity contribution in [1.82, 2.24) is 0 Å². The first-order valence-corrected chi connectivity index (χ1v) is 10.4. The van der Waals surface area contributed by atoms with Gasteiger partial charge in [0.25, 0.3) is 0 Å². The lowest BCUT2D eigenvalue weighted by Crippen LogP contribution is -2.53. The zero-order valence-electron chi connectivity index (χ0n) is 17.7. The molecule has 0 amide bonds. The van der Waals surface area contributed by atoms with E-state index in [1.54, 1.807) is 0 Å². The van der Waals surface area contributed by atoms with Crippen LogP contribution in [-0.2, 0) is 4.74 Å². The van der Waals surface area contributed by atoms with Crippen molar-refractivity contribution in [3.8, 4) is 0 Å². The summed E-state index contributed by atoms with van der Waals surface area (Å²) in [7, 11) is 0. The molecule has 0 saturated heterocycles. The first-order valence-electron chi connectivity index (χ1n) is 10.4. The maximum absolute atomic E-state index is 10.7. The monoisotopic (exact) mass is 418 g/mol. The van der Waals surface area contributed by atoms with Gasteiger partial charge >= 0.3 is 0 Å². The van der Waals surface area contributed by atoms with E-state index in [0.29, 0.717) is 6.42 Å². The Hall–Kier alpha value is -0.580. The highest BCUT2D eigenvalue weighted by Gasteiger charge is 2.53. The predicted molar refractivity (Wildman–Crippen MR) is 106 cm³/mol. The first-order chi connectivity index (χ1) is 13.6. The van der Waals surface area contributed by atoms with Crippen LogP contribution in [0.4, 0.5) is 0 Å². The van der Waals surface area contributed by atoms with Gasteiger partial charge in [-0.2, -0.15) is 0 Å². The van der Waals surface area contributed by atoms with Crippen LogP contribution in [0.3, 0.4) is 0 Å². The molecule has 170 valence electrons. The Morgan fingerprint density at radius 2 is 1.66 bits per heavy atom. The lowest BCUT2D eigenvalue weighted by Gasteiger charge is -2.56. The van der Waals surface area contributed by atoms with E-state index in [2.05, 4.69) is 6.92 Å². The molecule has 0 heterocycles. The van der Waals surface area contributed by atoms with Crippen LogP contribution in [0.5, 0.6) is 0 Å². The third-order valence-electron chi connectivity index (χ3n) is 7.44. The molecule has 29 heavy (non-hydrogen) atoms.